The molecule has 0 aromatic heterocycles. The molecule has 1 aromatic carbocycles. The second kappa shape index (κ2) is 3.79. The molecule has 3 N–H and O–H groups in total. The van der Waals surface area contributed by atoms with Crippen molar-refractivity contribution in [1.82, 2.24) is 0 Å². The Kier molecular flexibility index (Phi) is 2.50. The van der Waals surface area contributed by atoms with Crippen molar-refractivity contribution in [1.29, 1.82) is 0 Å². The summed E-state index contributed by atoms with van der Waals surface area (Å²) in [6.45, 7) is 2.33. The highest BCUT2D eigenvalue weighted by Crippen LogP contribution is 2.17. The number of hydrogen-bond donors (Lipinski definition) is 1. The van der Waals surface area contributed by atoms with E-state index >= 15 is 0 Å². The van der Waals surface area contributed by atoms with Crippen LogP contribution >= 0.6 is 0 Å². The number of para-hydroxylation sites is 1. The Morgan fingerprint density at radius 3 is 2.31 bits per heavy atom. The van der Waals surface area contributed by atoms with E-state index in [-0.39, 0.29) is 0 Å². The zero-order valence-electron chi connectivity index (χ0n) is 7.95. The van der Waals surface area contributed by atoms with E-state index in [1.807, 2.05) is 0 Å². The molecule has 0 radical (unpaired) electrons. The number of quaternary nitrogens is 1. The number of rotatable bonds is 1. The zero-order valence-corrected chi connectivity index (χ0v) is 7.95. The summed E-state index contributed by atoms with van der Waals surface area (Å²) in [6.07, 6.45) is 2.46. The summed E-state index contributed by atoms with van der Waals surface area (Å²) in [5.41, 5.74) is 5.45. The van der Waals surface area contributed by atoms with Gasteiger partial charge in [-0.25, -0.2) is 0 Å². The van der Waals surface area contributed by atoms with Gasteiger partial charge in [-0.15, -0.1) is 0 Å². The Bertz CT molecular complexity index is 250. The predicted octanol–water partition coefficient (Wildman–Crippen LogP) is 0.897. The number of anilines is 1. The molecule has 0 bridgehead atoms. The first-order chi connectivity index (χ1) is 6.36. The molecule has 1 aliphatic heterocycles. The normalized spacial score (nSPS) is 19.0. The van der Waals surface area contributed by atoms with E-state index in [0.29, 0.717) is 6.04 Å². The Morgan fingerprint density at radius 2 is 1.69 bits per heavy atom. The first kappa shape index (κ1) is 8.57. The van der Waals surface area contributed by atoms with Crippen molar-refractivity contribution in [3.8, 4) is 0 Å². The van der Waals surface area contributed by atoms with E-state index < -0.39 is 0 Å². The lowest BCUT2D eigenvalue weighted by molar-refractivity contribution is -0.423. The van der Waals surface area contributed by atoms with Crippen LogP contribution in [0.25, 0.3) is 0 Å². The highest BCUT2D eigenvalue weighted by Gasteiger charge is 2.17. The lowest BCUT2D eigenvalue weighted by atomic mass is 10.1. The van der Waals surface area contributed by atoms with Crippen LogP contribution in [-0.4, -0.2) is 19.1 Å². The molecule has 2 nitrogen and oxygen atoms in total. The summed E-state index contributed by atoms with van der Waals surface area (Å²) in [4.78, 5) is 2.45. The molecule has 2 heteroatoms. The molecule has 0 unspecified atom stereocenters. The minimum absolute atomic E-state index is 0.667. The maximum Gasteiger partial charge on any atom is 0.0877 e. The molecular weight excluding hydrogens is 160 g/mol. The minimum Gasteiger partial charge on any atom is -0.371 e. The van der Waals surface area contributed by atoms with Crippen LogP contribution in [0.5, 0.6) is 0 Å². The molecule has 0 spiro atoms. The van der Waals surface area contributed by atoms with Crippen LogP contribution in [0.3, 0.4) is 0 Å². The van der Waals surface area contributed by atoms with Gasteiger partial charge in [-0.3, -0.25) is 0 Å². The fourth-order valence-electron chi connectivity index (χ4n) is 1.83. The van der Waals surface area contributed by atoms with Crippen LogP contribution < -0.4 is 10.6 Å². The van der Waals surface area contributed by atoms with Crippen molar-refractivity contribution in [3.05, 3.63) is 30.3 Å². The Labute approximate surface area is 79.4 Å². The number of nitrogens with zero attached hydrogens (tertiary/aromatic N) is 1. The van der Waals surface area contributed by atoms with Crippen LogP contribution in [0.4, 0.5) is 5.69 Å². The average molecular weight is 177 g/mol. The molecular formula is C11H17N2+. The third kappa shape index (κ3) is 2.01. The van der Waals surface area contributed by atoms with Gasteiger partial charge < -0.3 is 10.6 Å². The Morgan fingerprint density at radius 1 is 1.08 bits per heavy atom. The SMILES string of the molecule is [NH3+]C1CCN(c2ccccc2)CC1. The van der Waals surface area contributed by atoms with Gasteiger partial charge in [-0.05, 0) is 12.1 Å². The van der Waals surface area contributed by atoms with Crippen LogP contribution in [0.2, 0.25) is 0 Å². The fraction of sp³-hybridized carbons (Fsp3) is 0.455. The van der Waals surface area contributed by atoms with Gasteiger partial charge in [0.15, 0.2) is 0 Å². The van der Waals surface area contributed by atoms with Crippen LogP contribution in [0, 0.1) is 0 Å². The molecule has 0 aliphatic carbocycles. The monoisotopic (exact) mass is 177 g/mol. The highest BCUT2D eigenvalue weighted by atomic mass is 15.1. The molecule has 1 aliphatic rings. The van der Waals surface area contributed by atoms with Crippen LogP contribution in [0.15, 0.2) is 30.3 Å². The third-order valence-corrected chi connectivity index (χ3v) is 2.74. The first-order valence-corrected chi connectivity index (χ1v) is 4.99. The van der Waals surface area contributed by atoms with Crippen molar-refractivity contribution in [2.75, 3.05) is 18.0 Å². The summed E-state index contributed by atoms with van der Waals surface area (Å²) in [5, 5.41) is 0. The van der Waals surface area contributed by atoms with E-state index in [1.54, 1.807) is 0 Å². The molecule has 70 valence electrons. The fourth-order valence-corrected chi connectivity index (χ4v) is 1.83. The van der Waals surface area contributed by atoms with Crippen molar-refractivity contribution in [2.45, 2.75) is 18.9 Å². The Hall–Kier alpha value is -1.02. The van der Waals surface area contributed by atoms with Gasteiger partial charge in [0, 0.05) is 31.6 Å². The molecule has 1 aromatic rings. The molecule has 0 amide bonds. The first-order valence-electron chi connectivity index (χ1n) is 4.99. The van der Waals surface area contributed by atoms with Gasteiger partial charge in [0.1, 0.15) is 0 Å². The van der Waals surface area contributed by atoms with Crippen molar-refractivity contribution in [2.24, 2.45) is 0 Å². The molecule has 1 fully saturated rings. The molecule has 13 heavy (non-hydrogen) atoms. The van der Waals surface area contributed by atoms with Crippen molar-refractivity contribution < 1.29 is 5.73 Å². The minimum atomic E-state index is 0.667. The van der Waals surface area contributed by atoms with Gasteiger partial charge >= 0.3 is 0 Å². The second-order valence-electron chi connectivity index (χ2n) is 3.77. The van der Waals surface area contributed by atoms with E-state index in [0.717, 1.165) is 13.1 Å². The number of benzene rings is 1. The van der Waals surface area contributed by atoms with Gasteiger partial charge in [0.2, 0.25) is 0 Å². The van der Waals surface area contributed by atoms with Gasteiger partial charge in [-0.1, -0.05) is 18.2 Å². The predicted molar refractivity (Wildman–Crippen MR) is 54.6 cm³/mol. The van der Waals surface area contributed by atoms with Crippen molar-refractivity contribution >= 4 is 5.69 Å². The molecule has 1 saturated heterocycles. The lowest BCUT2D eigenvalue weighted by Gasteiger charge is -2.30. The zero-order chi connectivity index (χ0) is 9.10. The maximum atomic E-state index is 4.10. The molecule has 2 rings (SSSR count). The van der Waals surface area contributed by atoms with Gasteiger partial charge in [0.05, 0.1) is 6.04 Å². The topological polar surface area (TPSA) is 30.9 Å². The van der Waals surface area contributed by atoms with Crippen LogP contribution in [0.1, 0.15) is 12.8 Å². The summed E-state index contributed by atoms with van der Waals surface area (Å²) in [6, 6.07) is 11.3. The Balaban J connectivity index is 2.03. The maximum absolute atomic E-state index is 4.10. The average Bonchev–Trinajstić information content (AvgIpc) is 2.20. The van der Waals surface area contributed by atoms with E-state index in [1.165, 1.54) is 18.5 Å². The van der Waals surface area contributed by atoms with Gasteiger partial charge in [0.25, 0.3) is 0 Å². The van der Waals surface area contributed by atoms with Crippen molar-refractivity contribution in [3.63, 3.8) is 0 Å². The third-order valence-electron chi connectivity index (χ3n) is 2.74. The second-order valence-corrected chi connectivity index (χ2v) is 3.77. The standard InChI is InChI=1S/C11H16N2/c12-10-6-8-13(9-7-10)11-4-2-1-3-5-11/h1-5,10H,6-9,12H2/p+1. The van der Waals surface area contributed by atoms with E-state index in [4.69, 9.17) is 0 Å². The summed E-state index contributed by atoms with van der Waals surface area (Å²) >= 11 is 0. The lowest BCUT2D eigenvalue weighted by Crippen LogP contribution is -2.64. The number of hydrogen-bond acceptors (Lipinski definition) is 1. The summed E-state index contributed by atoms with van der Waals surface area (Å²) < 4.78 is 0. The number of piperidine rings is 1. The molecule has 1 heterocycles. The quantitative estimate of drug-likeness (QED) is 0.679. The van der Waals surface area contributed by atoms with Gasteiger partial charge in [-0.2, -0.15) is 0 Å². The molecule has 0 saturated carbocycles. The van der Waals surface area contributed by atoms with E-state index in [2.05, 4.69) is 41.0 Å². The largest absolute Gasteiger partial charge is 0.371 e. The smallest absolute Gasteiger partial charge is 0.0877 e. The summed E-state index contributed by atoms with van der Waals surface area (Å²) in [7, 11) is 0. The summed E-state index contributed by atoms with van der Waals surface area (Å²) in [5.74, 6) is 0. The van der Waals surface area contributed by atoms with E-state index in [9.17, 15) is 0 Å². The highest BCUT2D eigenvalue weighted by molar-refractivity contribution is 5.46. The van der Waals surface area contributed by atoms with Crippen LogP contribution in [-0.2, 0) is 0 Å². The molecule has 0 atom stereocenters.